The lowest BCUT2D eigenvalue weighted by Gasteiger charge is -2.03. The molecule has 0 spiro atoms. The Morgan fingerprint density at radius 3 is 2.42 bits per heavy atom. The maximum Gasteiger partial charge on any atom is 0.119 e. The minimum absolute atomic E-state index is 0.715. The van der Waals surface area contributed by atoms with Crippen molar-refractivity contribution in [1.82, 2.24) is 0 Å². The molecular formula is C18H18O. The van der Waals surface area contributed by atoms with E-state index >= 15 is 0 Å². The van der Waals surface area contributed by atoms with Crippen LogP contribution < -0.4 is 4.74 Å². The highest BCUT2D eigenvalue weighted by molar-refractivity contribution is 5.35. The summed E-state index contributed by atoms with van der Waals surface area (Å²) >= 11 is 0. The Kier molecular flexibility index (Phi) is 5.07. The van der Waals surface area contributed by atoms with E-state index in [-0.39, 0.29) is 0 Å². The zero-order valence-electron chi connectivity index (χ0n) is 11.2. The van der Waals surface area contributed by atoms with Crippen LogP contribution in [0.4, 0.5) is 0 Å². The molecule has 0 radical (unpaired) electrons. The molecule has 0 aliphatic heterocycles. The largest absolute Gasteiger partial charge is 0.494 e. The van der Waals surface area contributed by atoms with Gasteiger partial charge in [0, 0.05) is 12.0 Å². The Balaban J connectivity index is 1.69. The molecule has 0 unspecified atom stereocenters. The van der Waals surface area contributed by atoms with Crippen LogP contribution in [0.5, 0.6) is 5.75 Å². The van der Waals surface area contributed by atoms with Gasteiger partial charge in [0.2, 0.25) is 0 Å². The summed E-state index contributed by atoms with van der Waals surface area (Å²) in [5, 5.41) is 0. The summed E-state index contributed by atoms with van der Waals surface area (Å²) in [6.45, 7) is 2.80. The Labute approximate surface area is 115 Å². The number of unbranched alkanes of at least 4 members (excludes halogenated alkanes) is 1. The summed E-state index contributed by atoms with van der Waals surface area (Å²) in [6, 6.07) is 18.2. The lowest BCUT2D eigenvalue weighted by atomic mass is 10.1. The SMILES string of the molecule is Cc1ccc(C#CCCCOc2ccccc2)cc1. The summed E-state index contributed by atoms with van der Waals surface area (Å²) in [5.41, 5.74) is 2.34. The smallest absolute Gasteiger partial charge is 0.119 e. The van der Waals surface area contributed by atoms with E-state index in [1.807, 2.05) is 30.3 Å². The van der Waals surface area contributed by atoms with Gasteiger partial charge in [0.05, 0.1) is 6.61 Å². The molecular weight excluding hydrogens is 232 g/mol. The Morgan fingerprint density at radius 2 is 1.68 bits per heavy atom. The van der Waals surface area contributed by atoms with Gasteiger partial charge in [-0.3, -0.25) is 0 Å². The molecule has 0 saturated heterocycles. The maximum absolute atomic E-state index is 5.61. The normalized spacial score (nSPS) is 9.53. The Morgan fingerprint density at radius 1 is 0.947 bits per heavy atom. The van der Waals surface area contributed by atoms with Crippen molar-refractivity contribution < 1.29 is 4.74 Å². The summed E-state index contributed by atoms with van der Waals surface area (Å²) in [6.07, 6.45) is 1.81. The van der Waals surface area contributed by atoms with Gasteiger partial charge in [-0.25, -0.2) is 0 Å². The molecule has 0 fully saturated rings. The Bertz CT molecular complexity index is 544. The number of hydrogen-bond donors (Lipinski definition) is 0. The summed E-state index contributed by atoms with van der Waals surface area (Å²) in [5.74, 6) is 7.27. The van der Waals surface area contributed by atoms with Crippen LogP contribution >= 0.6 is 0 Å². The monoisotopic (exact) mass is 250 g/mol. The molecule has 0 aromatic heterocycles. The summed E-state index contributed by atoms with van der Waals surface area (Å²) < 4.78 is 5.61. The highest BCUT2D eigenvalue weighted by Gasteiger charge is 1.90. The first-order chi connectivity index (χ1) is 9.34. The highest BCUT2D eigenvalue weighted by atomic mass is 16.5. The third-order valence-corrected chi connectivity index (χ3v) is 2.74. The molecule has 2 aromatic carbocycles. The number of aryl methyl sites for hydroxylation is 1. The van der Waals surface area contributed by atoms with Gasteiger partial charge >= 0.3 is 0 Å². The zero-order valence-corrected chi connectivity index (χ0v) is 11.2. The fourth-order valence-corrected chi connectivity index (χ4v) is 1.67. The molecule has 96 valence electrons. The predicted octanol–water partition coefficient (Wildman–Crippen LogP) is 4.21. The minimum Gasteiger partial charge on any atom is -0.494 e. The number of benzene rings is 2. The molecule has 0 atom stereocenters. The van der Waals surface area contributed by atoms with Crippen molar-refractivity contribution >= 4 is 0 Å². The van der Waals surface area contributed by atoms with Crippen LogP contribution in [-0.4, -0.2) is 6.61 Å². The molecule has 0 heterocycles. The van der Waals surface area contributed by atoms with Crippen LogP contribution in [0.15, 0.2) is 54.6 Å². The van der Waals surface area contributed by atoms with E-state index in [0.29, 0.717) is 6.61 Å². The van der Waals surface area contributed by atoms with Gasteiger partial charge in [-0.05, 0) is 37.6 Å². The van der Waals surface area contributed by atoms with Gasteiger partial charge in [-0.1, -0.05) is 47.7 Å². The second-order valence-electron chi connectivity index (χ2n) is 4.43. The van der Waals surface area contributed by atoms with E-state index in [4.69, 9.17) is 4.74 Å². The summed E-state index contributed by atoms with van der Waals surface area (Å²) in [7, 11) is 0. The second kappa shape index (κ2) is 7.28. The van der Waals surface area contributed by atoms with Crippen LogP contribution in [0.25, 0.3) is 0 Å². The van der Waals surface area contributed by atoms with Crippen LogP contribution in [0.2, 0.25) is 0 Å². The van der Waals surface area contributed by atoms with Crippen molar-refractivity contribution in [2.24, 2.45) is 0 Å². The first-order valence-corrected chi connectivity index (χ1v) is 6.58. The molecule has 0 aliphatic carbocycles. The third kappa shape index (κ3) is 4.89. The molecule has 1 nitrogen and oxygen atoms in total. The van der Waals surface area contributed by atoms with Crippen molar-refractivity contribution in [2.45, 2.75) is 19.8 Å². The lowest BCUT2D eigenvalue weighted by molar-refractivity contribution is 0.313. The van der Waals surface area contributed by atoms with Crippen LogP contribution in [-0.2, 0) is 0 Å². The average molecular weight is 250 g/mol. The van der Waals surface area contributed by atoms with Gasteiger partial charge < -0.3 is 4.74 Å². The van der Waals surface area contributed by atoms with E-state index in [1.165, 1.54) is 5.56 Å². The number of hydrogen-bond acceptors (Lipinski definition) is 1. The number of para-hydroxylation sites is 1. The molecule has 0 amide bonds. The highest BCUT2D eigenvalue weighted by Crippen LogP contribution is 2.08. The van der Waals surface area contributed by atoms with E-state index in [2.05, 4.69) is 43.0 Å². The standard InChI is InChI=1S/C18H18O/c1-16-11-13-17(14-12-16)8-4-3-7-15-19-18-9-5-2-6-10-18/h2,5-6,9-14H,3,7,15H2,1H3. The van der Waals surface area contributed by atoms with E-state index in [9.17, 15) is 0 Å². The predicted molar refractivity (Wildman–Crippen MR) is 79.2 cm³/mol. The third-order valence-electron chi connectivity index (χ3n) is 2.74. The molecule has 0 bridgehead atoms. The lowest BCUT2D eigenvalue weighted by Crippen LogP contribution is -1.96. The zero-order chi connectivity index (χ0) is 13.3. The summed E-state index contributed by atoms with van der Waals surface area (Å²) in [4.78, 5) is 0. The Hall–Kier alpha value is -2.20. The van der Waals surface area contributed by atoms with E-state index in [1.54, 1.807) is 0 Å². The molecule has 19 heavy (non-hydrogen) atoms. The van der Waals surface area contributed by atoms with Crippen LogP contribution in [0, 0.1) is 18.8 Å². The van der Waals surface area contributed by atoms with Crippen molar-refractivity contribution in [3.63, 3.8) is 0 Å². The molecule has 2 rings (SSSR count). The van der Waals surface area contributed by atoms with Crippen molar-refractivity contribution in [1.29, 1.82) is 0 Å². The first kappa shape index (κ1) is 13.2. The molecule has 1 heteroatoms. The van der Waals surface area contributed by atoms with Crippen molar-refractivity contribution in [3.05, 3.63) is 65.7 Å². The molecule has 0 aliphatic rings. The first-order valence-electron chi connectivity index (χ1n) is 6.58. The molecule has 0 saturated carbocycles. The number of rotatable bonds is 4. The van der Waals surface area contributed by atoms with Crippen molar-refractivity contribution in [2.75, 3.05) is 6.61 Å². The van der Waals surface area contributed by atoms with Crippen LogP contribution in [0.1, 0.15) is 24.0 Å². The van der Waals surface area contributed by atoms with Crippen molar-refractivity contribution in [3.8, 4) is 17.6 Å². The number of ether oxygens (including phenoxy) is 1. The fourth-order valence-electron chi connectivity index (χ4n) is 1.67. The quantitative estimate of drug-likeness (QED) is 0.583. The van der Waals surface area contributed by atoms with Gasteiger partial charge in [0.1, 0.15) is 5.75 Å². The van der Waals surface area contributed by atoms with E-state index in [0.717, 1.165) is 24.2 Å². The second-order valence-corrected chi connectivity index (χ2v) is 4.43. The van der Waals surface area contributed by atoms with Gasteiger partial charge in [-0.15, -0.1) is 0 Å². The average Bonchev–Trinajstić information content (AvgIpc) is 2.46. The maximum atomic E-state index is 5.61. The topological polar surface area (TPSA) is 9.23 Å². The minimum atomic E-state index is 0.715. The van der Waals surface area contributed by atoms with E-state index < -0.39 is 0 Å². The fraction of sp³-hybridized carbons (Fsp3) is 0.222. The van der Waals surface area contributed by atoms with Gasteiger partial charge in [0.15, 0.2) is 0 Å². The van der Waals surface area contributed by atoms with Gasteiger partial charge in [0.25, 0.3) is 0 Å². The van der Waals surface area contributed by atoms with Gasteiger partial charge in [-0.2, -0.15) is 0 Å². The molecule has 2 aromatic rings. The molecule has 0 N–H and O–H groups in total. The van der Waals surface area contributed by atoms with Crippen LogP contribution in [0.3, 0.4) is 0 Å².